The van der Waals surface area contributed by atoms with Crippen LogP contribution >= 0.6 is 11.8 Å². The minimum Gasteiger partial charge on any atom is -0.494 e. The smallest absolute Gasteiger partial charge is 0.223 e. The molecule has 0 radical (unpaired) electrons. The van der Waals surface area contributed by atoms with E-state index in [1.54, 1.807) is 6.07 Å². The van der Waals surface area contributed by atoms with Crippen molar-refractivity contribution in [1.29, 1.82) is 0 Å². The lowest BCUT2D eigenvalue weighted by Gasteiger charge is -2.01. The number of nitrogens with one attached hydrogen (secondary N) is 1. The number of aromatic amines is 1. The van der Waals surface area contributed by atoms with Crippen molar-refractivity contribution in [2.75, 3.05) is 18.1 Å². The minimum atomic E-state index is 0.146. The molecule has 3 rings (SSSR count). The van der Waals surface area contributed by atoms with E-state index in [0.717, 1.165) is 16.8 Å². The van der Waals surface area contributed by atoms with Crippen molar-refractivity contribution in [2.45, 2.75) is 17.1 Å². The van der Waals surface area contributed by atoms with Gasteiger partial charge in [0.1, 0.15) is 16.6 Å². The molecule has 0 spiro atoms. The van der Waals surface area contributed by atoms with Crippen LogP contribution in [0.1, 0.15) is 6.92 Å². The second kappa shape index (κ2) is 5.49. The fraction of sp³-hybridized carbons (Fsp3) is 0.154. The number of nitrogens with two attached hydrogens (primary N) is 2. The first-order valence-corrected chi connectivity index (χ1v) is 7.16. The van der Waals surface area contributed by atoms with Gasteiger partial charge < -0.3 is 21.2 Å². The van der Waals surface area contributed by atoms with Crippen molar-refractivity contribution in [2.24, 2.45) is 0 Å². The van der Waals surface area contributed by atoms with Crippen LogP contribution in [0.5, 0.6) is 5.75 Å². The molecule has 0 aliphatic rings. The number of nitrogens with zero attached hydrogens (tertiary/aromatic N) is 3. The minimum absolute atomic E-state index is 0.146. The first kappa shape index (κ1) is 13.5. The molecule has 1 aromatic carbocycles. The summed E-state index contributed by atoms with van der Waals surface area (Å²) in [5, 5.41) is 1.35. The summed E-state index contributed by atoms with van der Waals surface area (Å²) in [5.74, 6) is 1.28. The predicted octanol–water partition coefficient (Wildman–Crippen LogP) is 2.07. The Bertz CT molecular complexity index is 767. The highest BCUT2D eigenvalue weighted by Crippen LogP contribution is 2.28. The summed E-state index contributed by atoms with van der Waals surface area (Å²) in [5.41, 5.74) is 13.0. The molecule has 2 heterocycles. The van der Waals surface area contributed by atoms with Crippen LogP contribution in [0.15, 0.2) is 34.4 Å². The fourth-order valence-corrected chi connectivity index (χ4v) is 2.70. The molecule has 108 valence electrons. The van der Waals surface area contributed by atoms with Crippen molar-refractivity contribution in [3.8, 4) is 5.75 Å². The van der Waals surface area contributed by atoms with E-state index in [0.29, 0.717) is 22.6 Å². The number of aromatic nitrogens is 4. The Morgan fingerprint density at radius 1 is 1.19 bits per heavy atom. The summed E-state index contributed by atoms with van der Waals surface area (Å²) in [6.45, 7) is 2.57. The standard InChI is InChI=1S/C13H14N6OS/c1-2-20-7-3-4-8-9(5-7)17-13(16-8)21-11-6-10(14)18-12(15)19-11/h3-6H,2H2,1H3,(H,16,17)(H4,14,15,18,19). The lowest BCUT2D eigenvalue weighted by molar-refractivity contribution is 0.340. The summed E-state index contributed by atoms with van der Waals surface area (Å²) in [6.07, 6.45) is 0. The molecule has 0 bridgehead atoms. The Hall–Kier alpha value is -2.48. The number of hydrogen-bond donors (Lipinski definition) is 3. The van der Waals surface area contributed by atoms with Gasteiger partial charge >= 0.3 is 0 Å². The zero-order chi connectivity index (χ0) is 14.8. The molecule has 0 aliphatic carbocycles. The number of rotatable bonds is 4. The Balaban J connectivity index is 1.90. The average Bonchev–Trinajstić information content (AvgIpc) is 2.79. The molecule has 7 nitrogen and oxygen atoms in total. The van der Waals surface area contributed by atoms with Crippen LogP contribution in [0.25, 0.3) is 11.0 Å². The highest BCUT2D eigenvalue weighted by Gasteiger charge is 2.08. The first-order valence-electron chi connectivity index (χ1n) is 6.34. The molecule has 0 aliphatic heterocycles. The molecule has 0 saturated heterocycles. The monoisotopic (exact) mass is 302 g/mol. The summed E-state index contributed by atoms with van der Waals surface area (Å²) in [6, 6.07) is 7.36. The molecule has 0 fully saturated rings. The summed E-state index contributed by atoms with van der Waals surface area (Å²) in [4.78, 5) is 15.6. The van der Waals surface area contributed by atoms with Crippen LogP contribution in [-0.4, -0.2) is 26.5 Å². The van der Waals surface area contributed by atoms with Crippen molar-refractivity contribution < 1.29 is 4.74 Å². The van der Waals surface area contributed by atoms with E-state index in [-0.39, 0.29) is 5.95 Å². The summed E-state index contributed by atoms with van der Waals surface area (Å²) >= 11 is 1.34. The van der Waals surface area contributed by atoms with Gasteiger partial charge in [-0.25, -0.2) is 9.97 Å². The fourth-order valence-electron chi connectivity index (χ4n) is 1.88. The Kier molecular flexibility index (Phi) is 3.53. The van der Waals surface area contributed by atoms with Crippen molar-refractivity contribution in [1.82, 2.24) is 19.9 Å². The molecule has 3 aromatic rings. The number of benzene rings is 1. The molecule has 21 heavy (non-hydrogen) atoms. The number of fused-ring (bicyclic) bond motifs is 1. The zero-order valence-electron chi connectivity index (χ0n) is 11.3. The van der Waals surface area contributed by atoms with Crippen LogP contribution in [0.2, 0.25) is 0 Å². The topological polar surface area (TPSA) is 116 Å². The first-order chi connectivity index (χ1) is 10.1. The van der Waals surface area contributed by atoms with Gasteiger partial charge in [-0.2, -0.15) is 4.98 Å². The molecular weight excluding hydrogens is 288 g/mol. The molecule has 0 saturated carbocycles. The maximum Gasteiger partial charge on any atom is 0.223 e. The molecule has 0 unspecified atom stereocenters. The number of hydrogen-bond acceptors (Lipinski definition) is 7. The van der Waals surface area contributed by atoms with Gasteiger partial charge in [-0.3, -0.25) is 0 Å². The van der Waals surface area contributed by atoms with Gasteiger partial charge in [0, 0.05) is 12.1 Å². The third kappa shape index (κ3) is 3.00. The molecular formula is C13H14N6OS. The van der Waals surface area contributed by atoms with Crippen molar-refractivity contribution in [3.05, 3.63) is 24.3 Å². The predicted molar refractivity (Wildman–Crippen MR) is 82.2 cm³/mol. The normalized spacial score (nSPS) is 10.9. The second-order valence-electron chi connectivity index (χ2n) is 4.25. The highest BCUT2D eigenvalue weighted by atomic mass is 32.2. The molecule has 0 amide bonds. The van der Waals surface area contributed by atoms with E-state index in [9.17, 15) is 0 Å². The second-order valence-corrected chi connectivity index (χ2v) is 5.25. The molecule has 2 aromatic heterocycles. The van der Waals surface area contributed by atoms with E-state index in [1.807, 2.05) is 25.1 Å². The number of ether oxygens (including phenoxy) is 1. The van der Waals surface area contributed by atoms with Gasteiger partial charge in [0.15, 0.2) is 5.16 Å². The van der Waals surface area contributed by atoms with E-state index in [2.05, 4.69) is 19.9 Å². The van der Waals surface area contributed by atoms with Gasteiger partial charge in [0.05, 0.1) is 17.6 Å². The SMILES string of the molecule is CCOc1ccc2nc(Sc3cc(N)nc(N)n3)[nH]c2c1. The van der Waals surface area contributed by atoms with E-state index >= 15 is 0 Å². The van der Waals surface area contributed by atoms with Crippen LogP contribution in [0.4, 0.5) is 11.8 Å². The van der Waals surface area contributed by atoms with Crippen molar-refractivity contribution >= 4 is 34.6 Å². The zero-order valence-corrected chi connectivity index (χ0v) is 12.1. The number of imidazole rings is 1. The number of anilines is 2. The Morgan fingerprint density at radius 3 is 2.81 bits per heavy atom. The van der Waals surface area contributed by atoms with E-state index in [1.165, 1.54) is 11.8 Å². The Morgan fingerprint density at radius 2 is 2.05 bits per heavy atom. The van der Waals surface area contributed by atoms with E-state index < -0.39 is 0 Å². The van der Waals surface area contributed by atoms with Gasteiger partial charge in [0.2, 0.25) is 5.95 Å². The summed E-state index contributed by atoms with van der Waals surface area (Å²) < 4.78 is 5.46. The van der Waals surface area contributed by atoms with Crippen LogP contribution < -0.4 is 16.2 Å². The van der Waals surface area contributed by atoms with Gasteiger partial charge in [-0.05, 0) is 30.8 Å². The maximum absolute atomic E-state index is 5.65. The third-order valence-electron chi connectivity index (χ3n) is 2.68. The lowest BCUT2D eigenvalue weighted by Crippen LogP contribution is -1.99. The average molecular weight is 302 g/mol. The quantitative estimate of drug-likeness (QED) is 0.632. The Labute approximate surface area is 125 Å². The molecule has 8 heteroatoms. The molecule has 0 atom stereocenters. The number of nitrogen functional groups attached to an aromatic ring is 2. The van der Waals surface area contributed by atoms with Gasteiger partial charge in [0.25, 0.3) is 0 Å². The van der Waals surface area contributed by atoms with Crippen molar-refractivity contribution in [3.63, 3.8) is 0 Å². The van der Waals surface area contributed by atoms with E-state index in [4.69, 9.17) is 16.2 Å². The van der Waals surface area contributed by atoms with Gasteiger partial charge in [-0.15, -0.1) is 0 Å². The maximum atomic E-state index is 5.65. The highest BCUT2D eigenvalue weighted by molar-refractivity contribution is 7.99. The lowest BCUT2D eigenvalue weighted by atomic mass is 10.3. The van der Waals surface area contributed by atoms with Crippen LogP contribution in [-0.2, 0) is 0 Å². The van der Waals surface area contributed by atoms with Crippen LogP contribution in [0.3, 0.4) is 0 Å². The van der Waals surface area contributed by atoms with Crippen LogP contribution in [0, 0.1) is 0 Å². The summed E-state index contributed by atoms with van der Waals surface area (Å²) in [7, 11) is 0. The molecule has 5 N–H and O–H groups in total. The van der Waals surface area contributed by atoms with Gasteiger partial charge in [-0.1, -0.05) is 0 Å². The largest absolute Gasteiger partial charge is 0.494 e. The number of H-pyrrole nitrogens is 1. The third-order valence-corrected chi connectivity index (χ3v) is 3.49.